The smallest absolute Gasteiger partial charge is 1.00 e. The number of nitrogens with one attached hydrogen (secondary N) is 1. The Hall–Kier alpha value is -2.91. The van der Waals surface area contributed by atoms with Gasteiger partial charge in [0.15, 0.2) is 0 Å². The van der Waals surface area contributed by atoms with E-state index in [4.69, 9.17) is 15.8 Å². The van der Waals surface area contributed by atoms with Gasteiger partial charge in [-0.25, -0.2) is 4.39 Å². The minimum absolute atomic E-state index is 0. The van der Waals surface area contributed by atoms with Gasteiger partial charge in [-0.15, -0.1) is 0 Å². The van der Waals surface area contributed by atoms with E-state index in [0.29, 0.717) is 23.2 Å². The first-order valence-electron chi connectivity index (χ1n) is 16.5. The number of nitrogens with two attached hydrogens (primary N) is 1. The van der Waals surface area contributed by atoms with E-state index in [1.165, 1.54) is 23.6 Å². The number of anilines is 2. The summed E-state index contributed by atoms with van der Waals surface area (Å²) in [6.07, 6.45) is 6.03. The molecule has 1 fully saturated rings. The van der Waals surface area contributed by atoms with Crippen molar-refractivity contribution in [2.75, 3.05) is 17.2 Å². The van der Waals surface area contributed by atoms with Crippen LogP contribution in [-0.4, -0.2) is 38.3 Å². The van der Waals surface area contributed by atoms with Crippen molar-refractivity contribution in [1.82, 2.24) is 9.55 Å². The molecule has 6 rings (SSSR count). The molecule has 318 valence electrons. The summed E-state index contributed by atoms with van der Waals surface area (Å²) in [7, 11) is 0. The standard InChI is InChI=1S/C12H10N2O3.C12H16N2O.C7H6FNO2.C6H7NO.CH2O3.3CH4.2Cs.H2.H/c1-9-8-10(5-6-11(9)14(16)17)13-7-3-2-4-12(13)15;1-9-8-10(5-6-11(9)13)14-7-3-2-4-12(14)15;1-5-4-6(8)2-3-7(5)9(10)11;1-5-3-2-4-7-6(5)8;2-1-4-3;;;;;;;/h2-8H,1H3;5-6,8H,2-4,7,13H2,1H3;2-4H,1H3;2-4H,1H3,(H,7,8);1,3H;3*1H4;;;1H;/q;;;;;;;;2*+1;;-1/p-1. The fraction of sp³-hybridized carbons (Fsp3) is 0.268. The van der Waals surface area contributed by atoms with E-state index in [1.807, 2.05) is 30.0 Å². The van der Waals surface area contributed by atoms with Gasteiger partial charge in [-0.05, 0) is 101 Å². The second-order valence-electron chi connectivity index (χ2n) is 11.7. The van der Waals surface area contributed by atoms with Crippen LogP contribution in [0.2, 0.25) is 0 Å². The number of aromatic nitrogens is 2. The fourth-order valence-electron chi connectivity index (χ4n) is 4.87. The van der Waals surface area contributed by atoms with Crippen molar-refractivity contribution in [2.24, 2.45) is 0 Å². The monoisotopic (exact) mass is 1080 g/mol. The van der Waals surface area contributed by atoms with Gasteiger partial charge in [0.2, 0.25) is 5.91 Å². The molecule has 0 unspecified atom stereocenters. The molecule has 0 aliphatic carbocycles. The van der Waals surface area contributed by atoms with E-state index < -0.39 is 15.7 Å². The number of benzene rings is 3. The van der Waals surface area contributed by atoms with Crippen molar-refractivity contribution in [3.63, 3.8) is 0 Å². The third kappa shape index (κ3) is 21.7. The number of nitrogens with zero attached hydrogens (tertiary/aromatic N) is 4. The van der Waals surface area contributed by atoms with Crippen LogP contribution in [0.15, 0.2) is 107 Å². The van der Waals surface area contributed by atoms with Gasteiger partial charge >= 0.3 is 138 Å². The Labute approximate surface area is 470 Å². The van der Waals surface area contributed by atoms with Crippen molar-refractivity contribution in [2.45, 2.75) is 69.2 Å². The van der Waals surface area contributed by atoms with Gasteiger partial charge in [-0.2, -0.15) is 0 Å². The molecule has 0 spiro atoms. The van der Waals surface area contributed by atoms with Crippen molar-refractivity contribution in [3.05, 3.63) is 166 Å². The van der Waals surface area contributed by atoms with Crippen molar-refractivity contribution in [3.8, 4) is 5.69 Å². The summed E-state index contributed by atoms with van der Waals surface area (Å²) >= 11 is 0. The molecule has 1 saturated heterocycles. The van der Waals surface area contributed by atoms with Gasteiger partial charge in [0.05, 0.1) is 9.85 Å². The predicted molar refractivity (Wildman–Crippen MR) is 225 cm³/mol. The van der Waals surface area contributed by atoms with Crippen LogP contribution < -0.4 is 165 Å². The van der Waals surface area contributed by atoms with Gasteiger partial charge < -0.3 is 27.2 Å². The number of pyridine rings is 2. The normalized spacial score (nSPS) is 10.4. The Morgan fingerprint density at radius 3 is 1.78 bits per heavy atom. The summed E-state index contributed by atoms with van der Waals surface area (Å²) in [5.41, 5.74) is 10.6. The summed E-state index contributed by atoms with van der Waals surface area (Å²) in [5.74, 6) is -0.224. The second kappa shape index (κ2) is 33.7. The molecule has 0 atom stereocenters. The van der Waals surface area contributed by atoms with Crippen LogP contribution >= 0.6 is 0 Å². The number of hydrogen-bond donors (Lipinski definition) is 2. The number of nitrogen functional groups attached to an aromatic ring is 1. The summed E-state index contributed by atoms with van der Waals surface area (Å²) in [6.45, 7) is 7.55. The van der Waals surface area contributed by atoms with E-state index in [-0.39, 0.29) is 198 Å². The zero-order chi connectivity index (χ0) is 41.1. The molecule has 2 aromatic heterocycles. The Morgan fingerprint density at radius 2 is 1.33 bits per heavy atom. The van der Waals surface area contributed by atoms with Crippen molar-refractivity contribution >= 4 is 35.1 Å². The molecule has 3 aromatic carbocycles. The van der Waals surface area contributed by atoms with Crippen LogP contribution in [0, 0.1) is 53.7 Å². The third-order valence-corrected chi connectivity index (χ3v) is 7.78. The number of carbonyl (C=O) groups excluding carboxylic acids is 2. The SMILES string of the molecule is C.C.C.Cc1cc(-n2ccccc2=O)ccc1[N+](=O)[O-].Cc1cc(F)ccc1[N+](=O)[O-].Cc1cc(N2CCCCC2=O)ccc1N.Cc1ccc[nH]c1=O.O=CO[O-].[Cs+].[Cs+].[H-].[HH]. The number of carbonyl (C=O) groups is 2. The number of halogens is 1. The van der Waals surface area contributed by atoms with Crippen molar-refractivity contribution in [1.29, 1.82) is 0 Å². The Balaban J connectivity index is -0.000000162. The zero-order valence-electron chi connectivity index (χ0n) is 33.5. The summed E-state index contributed by atoms with van der Waals surface area (Å²) < 4.78 is 13.8. The fourth-order valence-corrected chi connectivity index (χ4v) is 4.87. The maximum Gasteiger partial charge on any atom is 1.00 e. The Kier molecular flexibility index (Phi) is 35.8. The molecule has 60 heavy (non-hydrogen) atoms. The predicted octanol–water partition coefficient (Wildman–Crippen LogP) is 1.58. The van der Waals surface area contributed by atoms with Crippen molar-refractivity contribution < 1.29 is 175 Å². The molecule has 3 N–H and O–H groups in total. The maximum absolute atomic E-state index is 12.4. The molecule has 0 bridgehead atoms. The third-order valence-electron chi connectivity index (χ3n) is 7.78. The molecule has 0 radical (unpaired) electrons. The van der Waals surface area contributed by atoms with Crippen LogP contribution in [0.25, 0.3) is 5.69 Å². The van der Waals surface area contributed by atoms with Crippen LogP contribution in [-0.2, 0) is 14.5 Å². The summed E-state index contributed by atoms with van der Waals surface area (Å²) in [6, 6.07) is 22.1. The van der Waals surface area contributed by atoms with E-state index in [2.05, 4.69) is 9.87 Å². The Morgan fingerprint density at radius 1 is 0.783 bits per heavy atom. The first kappa shape index (κ1) is 63.7. The van der Waals surface area contributed by atoms with Gasteiger partial charge in [-0.3, -0.25) is 44.0 Å². The van der Waals surface area contributed by atoms with Gasteiger partial charge in [0, 0.05) is 78.7 Å². The van der Waals surface area contributed by atoms with Crippen LogP contribution in [0.5, 0.6) is 0 Å². The van der Waals surface area contributed by atoms with E-state index in [0.717, 1.165) is 60.1 Å². The molecule has 1 amide bonds. The van der Waals surface area contributed by atoms with E-state index >= 15 is 0 Å². The number of aromatic amines is 1. The summed E-state index contributed by atoms with van der Waals surface area (Å²) in [5, 5.41) is 29.3. The van der Waals surface area contributed by atoms with Gasteiger partial charge in [0.1, 0.15) is 5.82 Å². The number of nitro groups is 2. The van der Waals surface area contributed by atoms with Gasteiger partial charge in [-0.1, -0.05) is 34.4 Å². The van der Waals surface area contributed by atoms with Crippen LogP contribution in [0.3, 0.4) is 0 Å². The minimum Gasteiger partial charge on any atom is -1.00 e. The van der Waals surface area contributed by atoms with E-state index in [9.17, 15) is 39.0 Å². The first-order chi connectivity index (χ1) is 26.1. The number of aryl methyl sites for hydroxylation is 4. The number of H-pyrrole nitrogens is 1. The maximum atomic E-state index is 12.4. The molecule has 19 heteroatoms. The number of rotatable bonds is 5. The molecular formula is C41H55Cs2FN6O10. The topological polar surface area (TPSA) is 237 Å². The summed E-state index contributed by atoms with van der Waals surface area (Å²) in [4.78, 5) is 69.4. The second-order valence-corrected chi connectivity index (χ2v) is 11.7. The van der Waals surface area contributed by atoms with Crippen LogP contribution in [0.4, 0.5) is 27.1 Å². The largest absolute Gasteiger partial charge is 1.00 e. The average Bonchev–Trinajstić information content (AvgIpc) is 3.15. The van der Waals surface area contributed by atoms with Gasteiger partial charge in [0.25, 0.3) is 29.0 Å². The molecule has 5 aromatic rings. The molecule has 1 aliphatic rings. The molecule has 3 heterocycles. The molecule has 0 saturated carbocycles. The number of hydrogen-bond acceptors (Lipinski definition) is 11. The minimum atomic E-state index is -0.533. The molecule has 1 aliphatic heterocycles. The molecule has 16 nitrogen and oxygen atoms in total. The number of piperidine rings is 1. The quantitative estimate of drug-likeness (QED) is 0.0843. The van der Waals surface area contributed by atoms with Crippen LogP contribution in [0.1, 0.15) is 66.6 Å². The first-order valence-corrected chi connectivity index (χ1v) is 16.5. The molecular weight excluding hydrogens is 1020 g/mol. The zero-order valence-corrected chi connectivity index (χ0v) is 45.0. The number of nitro benzene ring substituents is 2. The van der Waals surface area contributed by atoms with E-state index in [1.54, 1.807) is 62.6 Å². The number of amides is 1. The Bertz CT molecular complexity index is 2230. The average molecular weight is 1080 g/mol.